The van der Waals surface area contributed by atoms with Crippen LogP contribution in [0.25, 0.3) is 0 Å². The lowest BCUT2D eigenvalue weighted by Crippen LogP contribution is -2.40. The molecule has 2 aliphatic rings. The minimum Gasteiger partial charge on any atom is -0.390 e. The molecule has 4 nitrogen and oxygen atoms in total. The molecule has 0 amide bonds. The molecule has 1 aromatic rings. The fourth-order valence-corrected chi connectivity index (χ4v) is 3.34. The van der Waals surface area contributed by atoms with Crippen LogP contribution in [0.15, 0.2) is 12.3 Å². The van der Waals surface area contributed by atoms with Gasteiger partial charge in [-0.05, 0) is 38.7 Å². The van der Waals surface area contributed by atoms with Gasteiger partial charge in [-0.1, -0.05) is 12.8 Å². The van der Waals surface area contributed by atoms with Crippen LogP contribution in [0.5, 0.6) is 0 Å². The molecule has 1 aromatic heterocycles. The van der Waals surface area contributed by atoms with E-state index >= 15 is 0 Å². The van der Waals surface area contributed by atoms with Crippen molar-refractivity contribution in [2.75, 3.05) is 6.61 Å². The zero-order valence-corrected chi connectivity index (χ0v) is 11.7. The molecule has 19 heavy (non-hydrogen) atoms. The molecule has 1 N–H and O–H groups in total. The maximum atomic E-state index is 10.4. The molecule has 2 unspecified atom stereocenters. The van der Waals surface area contributed by atoms with Crippen LogP contribution in [0, 0.1) is 0 Å². The predicted molar refractivity (Wildman–Crippen MR) is 73.0 cm³/mol. The van der Waals surface area contributed by atoms with Crippen molar-refractivity contribution in [2.24, 2.45) is 0 Å². The van der Waals surface area contributed by atoms with E-state index in [4.69, 9.17) is 4.74 Å². The molecule has 2 atom stereocenters. The van der Waals surface area contributed by atoms with Crippen molar-refractivity contribution < 1.29 is 9.84 Å². The van der Waals surface area contributed by atoms with Gasteiger partial charge in [0.05, 0.1) is 23.4 Å². The van der Waals surface area contributed by atoms with Crippen molar-refractivity contribution >= 4 is 0 Å². The SMILES string of the molecule is CC1(C(O)Cc2ccn(C3CCCC3)n2)CCCO1. The minimum absolute atomic E-state index is 0.378. The van der Waals surface area contributed by atoms with Crippen molar-refractivity contribution in [3.05, 3.63) is 18.0 Å². The predicted octanol–water partition coefficient (Wildman–Crippen LogP) is 2.47. The van der Waals surface area contributed by atoms with Gasteiger partial charge in [0.2, 0.25) is 0 Å². The van der Waals surface area contributed by atoms with Gasteiger partial charge in [0.1, 0.15) is 0 Å². The number of nitrogens with zero attached hydrogens (tertiary/aromatic N) is 2. The number of aromatic nitrogens is 2. The van der Waals surface area contributed by atoms with Crippen molar-refractivity contribution in [2.45, 2.75) is 69.6 Å². The van der Waals surface area contributed by atoms with E-state index in [9.17, 15) is 5.11 Å². The molecule has 1 saturated heterocycles. The van der Waals surface area contributed by atoms with Crippen molar-refractivity contribution in [3.63, 3.8) is 0 Å². The van der Waals surface area contributed by atoms with E-state index in [2.05, 4.69) is 16.0 Å². The standard InChI is InChI=1S/C15H24N2O2/c1-15(8-4-10-19-15)14(18)11-12-7-9-17(16-12)13-5-2-3-6-13/h7,9,13-14,18H,2-6,8,10-11H2,1H3. The summed E-state index contributed by atoms with van der Waals surface area (Å²) in [5, 5.41) is 15.0. The fourth-order valence-electron chi connectivity index (χ4n) is 3.34. The number of hydrogen-bond acceptors (Lipinski definition) is 3. The highest BCUT2D eigenvalue weighted by molar-refractivity contribution is 5.04. The third kappa shape index (κ3) is 2.70. The number of hydrogen-bond donors (Lipinski definition) is 1. The van der Waals surface area contributed by atoms with Crippen LogP contribution in [0.1, 0.15) is 57.2 Å². The molecule has 1 aliphatic heterocycles. The molecule has 0 radical (unpaired) electrons. The smallest absolute Gasteiger partial charge is 0.0916 e. The number of aliphatic hydroxyl groups excluding tert-OH is 1. The summed E-state index contributed by atoms with van der Waals surface area (Å²) < 4.78 is 7.79. The lowest BCUT2D eigenvalue weighted by atomic mass is 9.92. The van der Waals surface area contributed by atoms with Crippen LogP contribution in [0.2, 0.25) is 0 Å². The highest BCUT2D eigenvalue weighted by Gasteiger charge is 2.37. The van der Waals surface area contributed by atoms with Gasteiger partial charge in [-0.25, -0.2) is 0 Å². The van der Waals surface area contributed by atoms with Gasteiger partial charge < -0.3 is 9.84 Å². The van der Waals surface area contributed by atoms with Gasteiger partial charge in [-0.2, -0.15) is 5.10 Å². The van der Waals surface area contributed by atoms with E-state index in [-0.39, 0.29) is 5.60 Å². The maximum Gasteiger partial charge on any atom is 0.0916 e. The van der Waals surface area contributed by atoms with Gasteiger partial charge in [0, 0.05) is 19.2 Å². The molecule has 106 valence electrons. The largest absolute Gasteiger partial charge is 0.390 e. The van der Waals surface area contributed by atoms with Gasteiger partial charge in [0.15, 0.2) is 0 Å². The maximum absolute atomic E-state index is 10.4. The number of aliphatic hydroxyl groups is 1. The molecule has 1 saturated carbocycles. The average Bonchev–Trinajstić information content (AvgIpc) is 3.08. The Hall–Kier alpha value is -0.870. The summed E-state index contributed by atoms with van der Waals surface area (Å²) in [6, 6.07) is 2.61. The second kappa shape index (κ2) is 5.25. The van der Waals surface area contributed by atoms with Crippen molar-refractivity contribution in [1.29, 1.82) is 0 Å². The first-order valence-corrected chi connectivity index (χ1v) is 7.53. The van der Waals surface area contributed by atoms with Crippen molar-refractivity contribution in [3.8, 4) is 0 Å². The summed E-state index contributed by atoms with van der Waals surface area (Å²) in [6.45, 7) is 2.78. The summed E-state index contributed by atoms with van der Waals surface area (Å²) in [5.74, 6) is 0. The van der Waals surface area contributed by atoms with E-state index < -0.39 is 6.10 Å². The molecule has 1 aliphatic carbocycles. The van der Waals surface area contributed by atoms with Gasteiger partial charge in [0.25, 0.3) is 0 Å². The van der Waals surface area contributed by atoms with E-state index in [1.54, 1.807) is 0 Å². The van der Waals surface area contributed by atoms with E-state index in [0.717, 1.165) is 25.1 Å². The van der Waals surface area contributed by atoms with Gasteiger partial charge in [-0.3, -0.25) is 4.68 Å². The third-order valence-corrected chi connectivity index (χ3v) is 4.72. The fraction of sp³-hybridized carbons (Fsp3) is 0.800. The zero-order chi connectivity index (χ0) is 13.3. The molecule has 0 spiro atoms. The first-order chi connectivity index (χ1) is 9.17. The highest BCUT2D eigenvalue weighted by Crippen LogP contribution is 2.31. The number of ether oxygens (including phenoxy) is 1. The Labute approximate surface area is 114 Å². The minimum atomic E-state index is -0.457. The first kappa shape index (κ1) is 13.1. The van der Waals surface area contributed by atoms with Crippen LogP contribution in [0.4, 0.5) is 0 Å². The average molecular weight is 264 g/mol. The molecule has 4 heteroatoms. The summed E-state index contributed by atoms with van der Waals surface area (Å²) in [5.41, 5.74) is 0.605. The van der Waals surface area contributed by atoms with E-state index in [1.807, 2.05) is 13.0 Å². The Morgan fingerprint density at radius 1 is 1.47 bits per heavy atom. The summed E-state index contributed by atoms with van der Waals surface area (Å²) in [7, 11) is 0. The lowest BCUT2D eigenvalue weighted by molar-refractivity contribution is -0.0771. The quantitative estimate of drug-likeness (QED) is 0.908. The highest BCUT2D eigenvalue weighted by atomic mass is 16.5. The van der Waals surface area contributed by atoms with Crippen LogP contribution in [0.3, 0.4) is 0 Å². The first-order valence-electron chi connectivity index (χ1n) is 7.53. The van der Waals surface area contributed by atoms with Gasteiger partial charge in [-0.15, -0.1) is 0 Å². The monoisotopic (exact) mass is 264 g/mol. The molecule has 0 aromatic carbocycles. The Kier molecular flexibility index (Phi) is 3.63. The van der Waals surface area contributed by atoms with Crippen LogP contribution >= 0.6 is 0 Å². The summed E-state index contributed by atoms with van der Waals surface area (Å²) in [6.07, 6.45) is 9.30. The molecule has 0 bridgehead atoms. The van der Waals surface area contributed by atoms with Crippen LogP contribution < -0.4 is 0 Å². The summed E-state index contributed by atoms with van der Waals surface area (Å²) in [4.78, 5) is 0. The third-order valence-electron chi connectivity index (χ3n) is 4.72. The topological polar surface area (TPSA) is 47.3 Å². The molecular formula is C15H24N2O2. The second-order valence-electron chi connectivity index (χ2n) is 6.21. The van der Waals surface area contributed by atoms with Crippen LogP contribution in [-0.2, 0) is 11.2 Å². The molecule has 3 rings (SSSR count). The Morgan fingerprint density at radius 2 is 2.26 bits per heavy atom. The van der Waals surface area contributed by atoms with Gasteiger partial charge >= 0.3 is 0 Å². The number of rotatable bonds is 4. The van der Waals surface area contributed by atoms with Crippen molar-refractivity contribution in [1.82, 2.24) is 9.78 Å². The molecular weight excluding hydrogens is 240 g/mol. The molecule has 2 fully saturated rings. The zero-order valence-electron chi connectivity index (χ0n) is 11.7. The normalized spacial score (nSPS) is 30.0. The lowest BCUT2D eigenvalue weighted by Gasteiger charge is -2.28. The Bertz CT molecular complexity index is 418. The van der Waals surface area contributed by atoms with E-state index in [0.29, 0.717) is 12.5 Å². The Balaban J connectivity index is 1.63. The molecule has 2 heterocycles. The van der Waals surface area contributed by atoms with E-state index in [1.165, 1.54) is 25.7 Å². The second-order valence-corrected chi connectivity index (χ2v) is 6.21. The van der Waals surface area contributed by atoms with Crippen LogP contribution in [-0.4, -0.2) is 33.2 Å². The summed E-state index contributed by atoms with van der Waals surface area (Å²) >= 11 is 0. The Morgan fingerprint density at radius 3 is 2.95 bits per heavy atom.